The third-order valence-electron chi connectivity index (χ3n) is 5.31. The summed E-state index contributed by atoms with van der Waals surface area (Å²) in [4.78, 5) is 12.8. The van der Waals surface area contributed by atoms with Crippen LogP contribution in [0, 0.1) is 17.2 Å². The lowest BCUT2D eigenvalue weighted by molar-refractivity contribution is 0.253. The third kappa shape index (κ3) is 7.91. The van der Waals surface area contributed by atoms with Gasteiger partial charge in [0.25, 0.3) is 0 Å². The zero-order valence-electron chi connectivity index (χ0n) is 19.6. The molecule has 0 spiro atoms. The number of hydrogen-bond acceptors (Lipinski definition) is 9. The van der Waals surface area contributed by atoms with Gasteiger partial charge in [0.1, 0.15) is 18.4 Å². The van der Waals surface area contributed by atoms with Gasteiger partial charge < -0.3 is 24.8 Å². The second-order valence-electron chi connectivity index (χ2n) is 8.15. The number of nitrogens with zero attached hydrogens (tertiary/aromatic N) is 4. The molecule has 2 aromatic rings. The smallest absolute Gasteiger partial charge is 0.324 e. The molecule has 0 aliphatic carbocycles. The second kappa shape index (κ2) is 12.6. The standard InChI is InChI=1S/C24H32N6O3/c1-17(2)10-14-32-21-15-20(7-6-19(21)16-25)27-22-28-23(31-3)30-24(29-22)33-13-4-5-18-8-11-26-12-9-18/h6-7,10,15,18,26H,4-5,8-9,11-14H2,1-3H3,(H,27,28,29,30). The predicted octanol–water partition coefficient (Wildman–Crippen LogP) is 4.00. The lowest BCUT2D eigenvalue weighted by atomic mass is 9.93. The van der Waals surface area contributed by atoms with Crippen molar-refractivity contribution >= 4 is 11.6 Å². The van der Waals surface area contributed by atoms with Gasteiger partial charge in [0.05, 0.1) is 19.3 Å². The van der Waals surface area contributed by atoms with E-state index in [1.165, 1.54) is 20.0 Å². The van der Waals surface area contributed by atoms with Crippen molar-refractivity contribution in [3.8, 4) is 23.8 Å². The topological polar surface area (TPSA) is 114 Å². The Morgan fingerprint density at radius 3 is 2.70 bits per heavy atom. The van der Waals surface area contributed by atoms with Crippen molar-refractivity contribution in [2.45, 2.75) is 39.5 Å². The molecule has 0 atom stereocenters. The third-order valence-corrected chi connectivity index (χ3v) is 5.31. The molecular weight excluding hydrogens is 420 g/mol. The highest BCUT2D eigenvalue weighted by Crippen LogP contribution is 2.26. The lowest BCUT2D eigenvalue weighted by Gasteiger charge is -2.22. The van der Waals surface area contributed by atoms with E-state index in [4.69, 9.17) is 14.2 Å². The number of hydrogen-bond donors (Lipinski definition) is 2. The Hall–Kier alpha value is -3.38. The Kier molecular flexibility index (Phi) is 9.27. The Bertz CT molecular complexity index is 979. The van der Waals surface area contributed by atoms with Crippen LogP contribution >= 0.6 is 0 Å². The molecule has 1 aromatic heterocycles. The van der Waals surface area contributed by atoms with Gasteiger partial charge in [-0.2, -0.15) is 15.2 Å². The minimum Gasteiger partial charge on any atom is -0.488 e. The number of ether oxygens (including phenoxy) is 3. The fourth-order valence-electron chi connectivity index (χ4n) is 3.49. The van der Waals surface area contributed by atoms with Crippen LogP contribution in [0.4, 0.5) is 11.6 Å². The second-order valence-corrected chi connectivity index (χ2v) is 8.15. The molecule has 0 amide bonds. The zero-order valence-corrected chi connectivity index (χ0v) is 19.6. The van der Waals surface area contributed by atoms with Gasteiger partial charge in [0, 0.05) is 11.8 Å². The van der Waals surface area contributed by atoms with Crippen LogP contribution in [0.25, 0.3) is 0 Å². The number of nitrogens with one attached hydrogen (secondary N) is 2. The average Bonchev–Trinajstić information content (AvgIpc) is 2.82. The first-order chi connectivity index (χ1) is 16.1. The summed E-state index contributed by atoms with van der Waals surface area (Å²) >= 11 is 0. The maximum absolute atomic E-state index is 9.36. The molecule has 1 aromatic carbocycles. The minimum absolute atomic E-state index is 0.162. The number of methoxy groups -OCH3 is 1. The average molecular weight is 453 g/mol. The van der Waals surface area contributed by atoms with Gasteiger partial charge in [-0.15, -0.1) is 4.98 Å². The molecule has 2 heterocycles. The van der Waals surface area contributed by atoms with Crippen molar-refractivity contribution in [2.75, 3.05) is 38.7 Å². The van der Waals surface area contributed by atoms with E-state index in [0.717, 1.165) is 37.4 Å². The van der Waals surface area contributed by atoms with Crippen LogP contribution in [0.2, 0.25) is 0 Å². The summed E-state index contributed by atoms with van der Waals surface area (Å²) in [5.74, 6) is 1.52. The molecule has 1 aliphatic rings. The van der Waals surface area contributed by atoms with Crippen LogP contribution in [0.15, 0.2) is 29.8 Å². The molecule has 0 bridgehead atoms. The van der Waals surface area contributed by atoms with Crippen LogP contribution < -0.4 is 24.8 Å². The molecule has 3 rings (SSSR count). The highest BCUT2D eigenvalue weighted by molar-refractivity contribution is 5.60. The van der Waals surface area contributed by atoms with E-state index in [9.17, 15) is 5.26 Å². The van der Waals surface area contributed by atoms with E-state index in [1.54, 1.807) is 18.2 Å². The molecule has 33 heavy (non-hydrogen) atoms. The molecule has 9 heteroatoms. The fourth-order valence-corrected chi connectivity index (χ4v) is 3.49. The fraction of sp³-hybridized carbons (Fsp3) is 0.500. The predicted molar refractivity (Wildman–Crippen MR) is 126 cm³/mol. The van der Waals surface area contributed by atoms with Crippen molar-refractivity contribution in [3.63, 3.8) is 0 Å². The molecule has 176 valence electrons. The highest BCUT2D eigenvalue weighted by atomic mass is 16.5. The largest absolute Gasteiger partial charge is 0.488 e. The molecule has 0 saturated carbocycles. The maximum Gasteiger partial charge on any atom is 0.324 e. The Balaban J connectivity index is 1.63. The molecule has 1 fully saturated rings. The maximum atomic E-state index is 9.36. The van der Waals surface area contributed by atoms with Crippen molar-refractivity contribution < 1.29 is 14.2 Å². The van der Waals surface area contributed by atoms with Crippen molar-refractivity contribution in [1.29, 1.82) is 5.26 Å². The molecule has 1 aliphatic heterocycles. The summed E-state index contributed by atoms with van der Waals surface area (Å²) in [5, 5.41) is 15.9. The van der Waals surface area contributed by atoms with Gasteiger partial charge in [0.15, 0.2) is 0 Å². The normalized spacial score (nSPS) is 13.6. The van der Waals surface area contributed by atoms with Gasteiger partial charge in [-0.25, -0.2) is 0 Å². The first-order valence-corrected chi connectivity index (χ1v) is 11.3. The first-order valence-electron chi connectivity index (χ1n) is 11.3. The highest BCUT2D eigenvalue weighted by Gasteiger charge is 2.14. The molecule has 9 nitrogen and oxygen atoms in total. The lowest BCUT2D eigenvalue weighted by Crippen LogP contribution is -2.27. The van der Waals surface area contributed by atoms with Crippen LogP contribution in [0.3, 0.4) is 0 Å². The van der Waals surface area contributed by atoms with E-state index >= 15 is 0 Å². The van der Waals surface area contributed by atoms with E-state index in [-0.39, 0.29) is 18.0 Å². The number of benzene rings is 1. The Morgan fingerprint density at radius 1 is 1.18 bits per heavy atom. The first kappa shape index (κ1) is 24.3. The van der Waals surface area contributed by atoms with Gasteiger partial charge in [-0.1, -0.05) is 5.57 Å². The number of piperidine rings is 1. The summed E-state index contributed by atoms with van der Waals surface area (Å²) in [6, 6.07) is 7.72. The van der Waals surface area contributed by atoms with Crippen LogP contribution in [0.1, 0.15) is 45.1 Å². The van der Waals surface area contributed by atoms with Crippen LogP contribution in [-0.4, -0.2) is 48.4 Å². The van der Waals surface area contributed by atoms with Crippen molar-refractivity contribution in [1.82, 2.24) is 20.3 Å². The number of allylic oxidation sites excluding steroid dienone is 1. The monoisotopic (exact) mass is 452 g/mol. The van der Waals surface area contributed by atoms with E-state index in [2.05, 4.69) is 31.7 Å². The number of rotatable bonds is 11. The van der Waals surface area contributed by atoms with E-state index < -0.39 is 0 Å². The summed E-state index contributed by atoms with van der Waals surface area (Å²) in [5.41, 5.74) is 2.27. The molecule has 0 radical (unpaired) electrons. The van der Waals surface area contributed by atoms with E-state index in [0.29, 0.717) is 30.2 Å². The quantitative estimate of drug-likeness (QED) is 0.386. The van der Waals surface area contributed by atoms with Crippen molar-refractivity contribution in [3.05, 3.63) is 35.4 Å². The zero-order chi connectivity index (χ0) is 23.5. The van der Waals surface area contributed by atoms with Crippen LogP contribution in [-0.2, 0) is 0 Å². The summed E-state index contributed by atoms with van der Waals surface area (Å²) in [6.07, 6.45) is 6.47. The molecular formula is C24H32N6O3. The summed E-state index contributed by atoms with van der Waals surface area (Å²) < 4.78 is 16.7. The van der Waals surface area contributed by atoms with Gasteiger partial charge in [-0.05, 0) is 76.7 Å². The molecule has 2 N–H and O–H groups in total. The van der Waals surface area contributed by atoms with Crippen molar-refractivity contribution in [2.24, 2.45) is 5.92 Å². The SMILES string of the molecule is COc1nc(Nc2ccc(C#N)c(OCC=C(C)C)c2)nc(OCCCC2CCNCC2)n1. The molecule has 1 saturated heterocycles. The number of nitriles is 1. The Morgan fingerprint density at radius 2 is 1.97 bits per heavy atom. The summed E-state index contributed by atoms with van der Waals surface area (Å²) in [7, 11) is 1.50. The molecule has 0 unspecified atom stereocenters. The Labute approximate surface area is 195 Å². The number of anilines is 2. The minimum atomic E-state index is 0.162. The van der Waals surface area contributed by atoms with Crippen LogP contribution in [0.5, 0.6) is 17.8 Å². The van der Waals surface area contributed by atoms with Gasteiger partial charge in [0.2, 0.25) is 5.95 Å². The number of aromatic nitrogens is 3. The van der Waals surface area contributed by atoms with Gasteiger partial charge in [-0.3, -0.25) is 0 Å². The van der Waals surface area contributed by atoms with Gasteiger partial charge >= 0.3 is 12.0 Å². The summed E-state index contributed by atoms with van der Waals surface area (Å²) in [6.45, 7) is 7.11. The van der Waals surface area contributed by atoms with E-state index in [1.807, 2.05) is 19.9 Å².